The van der Waals surface area contributed by atoms with Crippen LogP contribution in [0.5, 0.6) is 0 Å². The largest absolute Gasteiger partial charge is 0.478 e. The summed E-state index contributed by atoms with van der Waals surface area (Å²) in [7, 11) is 0. The summed E-state index contributed by atoms with van der Waals surface area (Å²) >= 11 is 1.48. The second-order valence-electron chi connectivity index (χ2n) is 4.44. The highest BCUT2D eigenvalue weighted by atomic mass is 32.1. The van der Waals surface area contributed by atoms with Gasteiger partial charge in [-0.3, -0.25) is 4.79 Å². The van der Waals surface area contributed by atoms with Crippen LogP contribution in [0.4, 0.5) is 0 Å². The summed E-state index contributed by atoms with van der Waals surface area (Å²) in [6.07, 6.45) is 2.41. The standard InChI is InChI=1S/C14H15N3O3S/c1-3-10(13-15-6-7-21-13)17-12(18)11-5-4-9(14(19)20)8(2)16-11/h4-7,10H,3H2,1-2H3,(H,17,18)(H,19,20). The number of rotatable bonds is 5. The van der Waals surface area contributed by atoms with Crippen molar-refractivity contribution >= 4 is 23.2 Å². The van der Waals surface area contributed by atoms with E-state index in [-0.39, 0.29) is 23.2 Å². The smallest absolute Gasteiger partial charge is 0.337 e. The van der Waals surface area contributed by atoms with Crippen LogP contribution in [0.15, 0.2) is 23.7 Å². The fourth-order valence-corrected chi connectivity index (χ4v) is 2.66. The number of carbonyl (C=O) groups excluding carboxylic acids is 1. The number of carboxylic acid groups (broad SMARTS) is 1. The number of nitrogens with one attached hydrogen (secondary N) is 1. The molecule has 0 radical (unpaired) electrons. The van der Waals surface area contributed by atoms with Gasteiger partial charge in [0.2, 0.25) is 0 Å². The summed E-state index contributed by atoms with van der Waals surface area (Å²) in [4.78, 5) is 31.4. The number of nitrogens with zero attached hydrogens (tertiary/aromatic N) is 2. The first-order valence-electron chi connectivity index (χ1n) is 6.44. The van der Waals surface area contributed by atoms with Crippen LogP contribution in [0.25, 0.3) is 0 Å². The Morgan fingerprint density at radius 3 is 2.71 bits per heavy atom. The molecule has 6 nitrogen and oxygen atoms in total. The average molecular weight is 305 g/mol. The molecule has 0 aromatic carbocycles. The molecule has 110 valence electrons. The van der Waals surface area contributed by atoms with Crippen molar-refractivity contribution < 1.29 is 14.7 Å². The Labute approximate surface area is 125 Å². The summed E-state index contributed by atoms with van der Waals surface area (Å²) in [5, 5.41) is 14.5. The molecule has 0 aliphatic rings. The summed E-state index contributed by atoms with van der Waals surface area (Å²) in [5.74, 6) is -1.39. The van der Waals surface area contributed by atoms with Crippen LogP contribution in [-0.4, -0.2) is 27.0 Å². The lowest BCUT2D eigenvalue weighted by molar-refractivity contribution is 0.0694. The van der Waals surface area contributed by atoms with Gasteiger partial charge in [-0.15, -0.1) is 11.3 Å². The predicted molar refractivity (Wildman–Crippen MR) is 78.5 cm³/mol. The van der Waals surface area contributed by atoms with Gasteiger partial charge in [0.05, 0.1) is 17.3 Å². The maximum absolute atomic E-state index is 12.2. The van der Waals surface area contributed by atoms with Crippen molar-refractivity contribution in [3.8, 4) is 0 Å². The van der Waals surface area contributed by atoms with Crippen molar-refractivity contribution in [2.75, 3.05) is 0 Å². The molecular formula is C14H15N3O3S. The number of amides is 1. The lowest BCUT2D eigenvalue weighted by atomic mass is 10.1. The van der Waals surface area contributed by atoms with Crippen LogP contribution in [0.2, 0.25) is 0 Å². The van der Waals surface area contributed by atoms with Crippen LogP contribution in [-0.2, 0) is 0 Å². The zero-order chi connectivity index (χ0) is 15.4. The van der Waals surface area contributed by atoms with E-state index in [1.165, 1.54) is 23.5 Å². The lowest BCUT2D eigenvalue weighted by Crippen LogP contribution is -2.29. The topological polar surface area (TPSA) is 92.2 Å². The van der Waals surface area contributed by atoms with Crippen molar-refractivity contribution in [1.29, 1.82) is 0 Å². The number of pyridine rings is 1. The molecule has 2 aromatic rings. The van der Waals surface area contributed by atoms with E-state index < -0.39 is 5.97 Å². The Hall–Kier alpha value is -2.28. The van der Waals surface area contributed by atoms with E-state index in [1.54, 1.807) is 13.1 Å². The maximum Gasteiger partial charge on any atom is 0.337 e. The van der Waals surface area contributed by atoms with Crippen molar-refractivity contribution in [3.05, 3.63) is 45.7 Å². The molecule has 1 amide bonds. The van der Waals surface area contributed by atoms with E-state index in [9.17, 15) is 9.59 Å². The minimum Gasteiger partial charge on any atom is -0.478 e. The van der Waals surface area contributed by atoms with Gasteiger partial charge in [-0.25, -0.2) is 14.8 Å². The highest BCUT2D eigenvalue weighted by molar-refractivity contribution is 7.09. The Kier molecular flexibility index (Phi) is 4.64. The fraction of sp³-hybridized carbons (Fsp3) is 0.286. The van der Waals surface area contributed by atoms with Crippen LogP contribution in [0.3, 0.4) is 0 Å². The molecule has 2 rings (SSSR count). The third-order valence-corrected chi connectivity index (χ3v) is 3.90. The van der Waals surface area contributed by atoms with Gasteiger partial charge in [-0.1, -0.05) is 6.92 Å². The molecule has 0 aliphatic carbocycles. The van der Waals surface area contributed by atoms with Crippen molar-refractivity contribution in [3.63, 3.8) is 0 Å². The SMILES string of the molecule is CCC(NC(=O)c1ccc(C(=O)O)c(C)n1)c1nccs1. The third-order valence-electron chi connectivity index (χ3n) is 3.01. The highest BCUT2D eigenvalue weighted by Crippen LogP contribution is 2.19. The normalized spacial score (nSPS) is 11.9. The zero-order valence-corrected chi connectivity index (χ0v) is 12.5. The van der Waals surface area contributed by atoms with Gasteiger partial charge in [-0.05, 0) is 25.5 Å². The molecule has 1 atom stereocenters. The van der Waals surface area contributed by atoms with E-state index >= 15 is 0 Å². The molecule has 2 heterocycles. The summed E-state index contributed by atoms with van der Waals surface area (Å²) < 4.78 is 0. The summed E-state index contributed by atoms with van der Waals surface area (Å²) in [5.41, 5.74) is 0.614. The molecule has 0 fully saturated rings. The van der Waals surface area contributed by atoms with Crippen molar-refractivity contribution in [2.45, 2.75) is 26.3 Å². The summed E-state index contributed by atoms with van der Waals surface area (Å²) in [6.45, 7) is 3.52. The molecule has 2 N–H and O–H groups in total. The third kappa shape index (κ3) is 3.43. The fourth-order valence-electron chi connectivity index (χ4n) is 1.89. The number of aromatic carboxylic acids is 1. The van der Waals surface area contributed by atoms with Crippen LogP contribution in [0, 0.1) is 6.92 Å². The van der Waals surface area contributed by atoms with Gasteiger partial charge in [0, 0.05) is 11.6 Å². The predicted octanol–water partition coefficient (Wildman–Crippen LogP) is 2.43. The number of aryl methyl sites for hydroxylation is 1. The van der Waals surface area contributed by atoms with Crippen LogP contribution < -0.4 is 5.32 Å². The van der Waals surface area contributed by atoms with Gasteiger partial charge in [0.15, 0.2) is 0 Å². The Morgan fingerprint density at radius 1 is 1.43 bits per heavy atom. The van der Waals surface area contributed by atoms with Crippen molar-refractivity contribution in [2.24, 2.45) is 0 Å². The molecular weight excluding hydrogens is 290 g/mol. The van der Waals surface area contributed by atoms with Gasteiger partial charge >= 0.3 is 5.97 Å². The Bertz CT molecular complexity index is 655. The number of hydrogen-bond acceptors (Lipinski definition) is 5. The molecule has 2 aromatic heterocycles. The molecule has 0 bridgehead atoms. The quantitative estimate of drug-likeness (QED) is 0.885. The molecule has 7 heteroatoms. The molecule has 1 unspecified atom stereocenters. The van der Waals surface area contributed by atoms with E-state index in [2.05, 4.69) is 15.3 Å². The lowest BCUT2D eigenvalue weighted by Gasteiger charge is -2.14. The van der Waals surface area contributed by atoms with Crippen molar-refractivity contribution in [1.82, 2.24) is 15.3 Å². The summed E-state index contributed by atoms with van der Waals surface area (Å²) in [6, 6.07) is 2.64. The molecule has 0 saturated carbocycles. The van der Waals surface area contributed by atoms with E-state index in [0.717, 1.165) is 5.01 Å². The highest BCUT2D eigenvalue weighted by Gasteiger charge is 2.18. The Balaban J connectivity index is 2.16. The van der Waals surface area contributed by atoms with E-state index in [4.69, 9.17) is 5.11 Å². The van der Waals surface area contributed by atoms with Gasteiger partial charge in [-0.2, -0.15) is 0 Å². The number of carboxylic acids is 1. The molecule has 0 saturated heterocycles. The number of thiazole rings is 1. The number of hydrogen-bond donors (Lipinski definition) is 2. The first kappa shape index (κ1) is 15.1. The molecule has 0 aliphatic heterocycles. The minimum absolute atomic E-state index is 0.0958. The monoisotopic (exact) mass is 305 g/mol. The number of aromatic nitrogens is 2. The second-order valence-corrected chi connectivity index (χ2v) is 5.37. The zero-order valence-electron chi connectivity index (χ0n) is 11.7. The number of carbonyl (C=O) groups is 2. The molecule has 21 heavy (non-hydrogen) atoms. The van der Waals surface area contributed by atoms with Gasteiger partial charge in [0.1, 0.15) is 10.7 Å². The van der Waals surface area contributed by atoms with E-state index in [1.807, 2.05) is 12.3 Å². The Morgan fingerprint density at radius 2 is 2.19 bits per heavy atom. The first-order valence-corrected chi connectivity index (χ1v) is 7.32. The minimum atomic E-state index is -1.05. The van der Waals surface area contributed by atoms with Crippen LogP contribution >= 0.6 is 11.3 Å². The molecule has 0 spiro atoms. The maximum atomic E-state index is 12.2. The van der Waals surface area contributed by atoms with Gasteiger partial charge < -0.3 is 10.4 Å². The van der Waals surface area contributed by atoms with Gasteiger partial charge in [0.25, 0.3) is 5.91 Å². The van der Waals surface area contributed by atoms with E-state index in [0.29, 0.717) is 12.1 Å². The average Bonchev–Trinajstić information content (AvgIpc) is 2.97. The first-order chi connectivity index (χ1) is 10.0. The second kappa shape index (κ2) is 6.45. The van der Waals surface area contributed by atoms with Crippen LogP contribution in [0.1, 0.15) is 50.9 Å².